The summed E-state index contributed by atoms with van der Waals surface area (Å²) in [5.74, 6) is 1.73. The number of rotatable bonds is 1. The Morgan fingerprint density at radius 2 is 2.22 bits per heavy atom. The highest BCUT2D eigenvalue weighted by atomic mass is 15.4. The summed E-state index contributed by atoms with van der Waals surface area (Å²) in [6, 6.07) is 0. The number of anilines is 1. The number of aromatic nitrogens is 5. The molecular weight excluding hydrogens is 228 g/mol. The van der Waals surface area contributed by atoms with Crippen molar-refractivity contribution < 1.29 is 0 Å². The molecule has 6 nitrogen and oxygen atoms in total. The van der Waals surface area contributed by atoms with Gasteiger partial charge >= 0.3 is 0 Å². The Morgan fingerprint density at radius 1 is 1.39 bits per heavy atom. The van der Waals surface area contributed by atoms with Crippen LogP contribution in [-0.4, -0.2) is 24.8 Å². The first kappa shape index (κ1) is 11.4. The second-order valence-electron chi connectivity index (χ2n) is 5.90. The Morgan fingerprint density at radius 3 is 3.00 bits per heavy atom. The molecule has 0 radical (unpaired) electrons. The first-order valence-electron chi connectivity index (χ1n) is 6.39. The number of hydrogen-bond donors (Lipinski definition) is 1. The Labute approximate surface area is 106 Å². The van der Waals surface area contributed by atoms with Gasteiger partial charge in [0.1, 0.15) is 6.33 Å². The molecule has 0 saturated heterocycles. The van der Waals surface area contributed by atoms with E-state index in [0.717, 1.165) is 18.7 Å². The van der Waals surface area contributed by atoms with Gasteiger partial charge in [-0.25, -0.2) is 4.98 Å². The zero-order chi connectivity index (χ0) is 12.8. The molecule has 96 valence electrons. The van der Waals surface area contributed by atoms with Gasteiger partial charge in [0.05, 0.1) is 0 Å². The molecule has 0 aliphatic heterocycles. The largest absolute Gasteiger partial charge is 0.380 e. The Hall–Kier alpha value is -1.72. The topological polar surface area (TPSA) is 82.0 Å². The minimum absolute atomic E-state index is 0.368. The van der Waals surface area contributed by atoms with Crippen molar-refractivity contribution in [3.05, 3.63) is 12.2 Å². The fourth-order valence-electron chi connectivity index (χ4n) is 2.94. The second-order valence-corrected chi connectivity index (χ2v) is 5.90. The van der Waals surface area contributed by atoms with Crippen LogP contribution in [-0.2, 0) is 0 Å². The summed E-state index contributed by atoms with van der Waals surface area (Å²) in [7, 11) is 0. The van der Waals surface area contributed by atoms with Gasteiger partial charge in [0.2, 0.25) is 5.65 Å². The highest BCUT2D eigenvalue weighted by molar-refractivity contribution is 5.57. The number of nitrogens with zero attached hydrogens (tertiary/aromatic N) is 5. The average molecular weight is 246 g/mol. The minimum atomic E-state index is 0.368. The SMILES string of the molecule is CC1(C)CCCC(c2nnc3c(N)ncnn23)C1. The van der Waals surface area contributed by atoms with E-state index < -0.39 is 0 Å². The molecule has 2 aromatic rings. The fourth-order valence-corrected chi connectivity index (χ4v) is 2.94. The molecule has 2 aromatic heterocycles. The van der Waals surface area contributed by atoms with Crippen LogP contribution in [0.15, 0.2) is 6.33 Å². The van der Waals surface area contributed by atoms with Crippen molar-refractivity contribution in [2.24, 2.45) is 5.41 Å². The molecule has 0 aromatic carbocycles. The Kier molecular flexibility index (Phi) is 2.46. The second kappa shape index (κ2) is 3.90. The number of fused-ring (bicyclic) bond motifs is 1. The van der Waals surface area contributed by atoms with E-state index in [1.807, 2.05) is 0 Å². The van der Waals surface area contributed by atoms with Gasteiger partial charge in [-0.15, -0.1) is 10.2 Å². The van der Waals surface area contributed by atoms with Crippen LogP contribution in [0.2, 0.25) is 0 Å². The van der Waals surface area contributed by atoms with E-state index in [0.29, 0.717) is 22.8 Å². The van der Waals surface area contributed by atoms with Crippen molar-refractivity contribution in [1.29, 1.82) is 0 Å². The Bertz CT molecular complexity index is 573. The zero-order valence-electron chi connectivity index (χ0n) is 10.8. The standard InChI is InChI=1S/C12H18N6/c1-12(2)5-3-4-8(6-12)10-16-17-11-9(13)14-7-15-18(10)11/h7-8H,3-6H2,1-2H3,(H2,13,14,15). The lowest BCUT2D eigenvalue weighted by atomic mass is 9.72. The van der Waals surface area contributed by atoms with Gasteiger partial charge in [0.25, 0.3) is 0 Å². The molecule has 18 heavy (non-hydrogen) atoms. The van der Waals surface area contributed by atoms with E-state index in [9.17, 15) is 0 Å². The molecule has 2 N–H and O–H groups in total. The van der Waals surface area contributed by atoms with Gasteiger partial charge in [-0.2, -0.15) is 9.61 Å². The lowest BCUT2D eigenvalue weighted by Crippen LogP contribution is -2.23. The predicted molar refractivity (Wildman–Crippen MR) is 68.0 cm³/mol. The van der Waals surface area contributed by atoms with Crippen LogP contribution >= 0.6 is 0 Å². The third-order valence-corrected chi connectivity index (χ3v) is 3.83. The van der Waals surface area contributed by atoms with Crippen LogP contribution in [0.3, 0.4) is 0 Å². The molecule has 1 aliphatic rings. The molecule has 1 fully saturated rings. The first-order valence-corrected chi connectivity index (χ1v) is 6.39. The maximum Gasteiger partial charge on any atom is 0.220 e. The van der Waals surface area contributed by atoms with Gasteiger partial charge in [-0.1, -0.05) is 20.3 Å². The average Bonchev–Trinajstić information content (AvgIpc) is 2.73. The van der Waals surface area contributed by atoms with E-state index in [-0.39, 0.29) is 0 Å². The van der Waals surface area contributed by atoms with Gasteiger partial charge in [-0.3, -0.25) is 0 Å². The van der Waals surface area contributed by atoms with Crippen molar-refractivity contribution in [3.63, 3.8) is 0 Å². The van der Waals surface area contributed by atoms with Crippen molar-refractivity contribution >= 4 is 11.5 Å². The molecule has 2 heterocycles. The maximum atomic E-state index is 5.78. The summed E-state index contributed by atoms with van der Waals surface area (Å²) in [6.07, 6.45) is 6.24. The van der Waals surface area contributed by atoms with Gasteiger partial charge in [-0.05, 0) is 24.7 Å². The monoisotopic (exact) mass is 246 g/mol. The lowest BCUT2D eigenvalue weighted by Gasteiger charge is -2.34. The summed E-state index contributed by atoms with van der Waals surface area (Å²) in [4.78, 5) is 3.94. The van der Waals surface area contributed by atoms with Crippen LogP contribution in [0.1, 0.15) is 51.3 Å². The van der Waals surface area contributed by atoms with E-state index in [4.69, 9.17) is 5.73 Å². The zero-order valence-corrected chi connectivity index (χ0v) is 10.8. The van der Waals surface area contributed by atoms with Crippen molar-refractivity contribution in [1.82, 2.24) is 24.8 Å². The highest BCUT2D eigenvalue weighted by Crippen LogP contribution is 2.42. The van der Waals surface area contributed by atoms with Crippen molar-refractivity contribution in [2.75, 3.05) is 5.73 Å². The lowest BCUT2D eigenvalue weighted by molar-refractivity contribution is 0.213. The quantitative estimate of drug-likeness (QED) is 0.829. The molecule has 1 aliphatic carbocycles. The third-order valence-electron chi connectivity index (χ3n) is 3.83. The summed E-state index contributed by atoms with van der Waals surface area (Å²) < 4.78 is 1.74. The van der Waals surface area contributed by atoms with E-state index in [2.05, 4.69) is 34.1 Å². The van der Waals surface area contributed by atoms with Gasteiger partial charge in [0.15, 0.2) is 11.6 Å². The van der Waals surface area contributed by atoms with Crippen molar-refractivity contribution in [3.8, 4) is 0 Å². The molecule has 3 rings (SSSR count). The molecule has 1 saturated carbocycles. The summed E-state index contributed by atoms with van der Waals surface area (Å²) in [5, 5.41) is 12.6. The first-order chi connectivity index (χ1) is 8.57. The smallest absolute Gasteiger partial charge is 0.220 e. The number of hydrogen-bond acceptors (Lipinski definition) is 5. The maximum absolute atomic E-state index is 5.78. The fraction of sp³-hybridized carbons (Fsp3) is 0.667. The van der Waals surface area contributed by atoms with Crippen molar-refractivity contribution in [2.45, 2.75) is 45.4 Å². The van der Waals surface area contributed by atoms with Crippen LogP contribution < -0.4 is 5.73 Å². The van der Waals surface area contributed by atoms with E-state index in [1.165, 1.54) is 19.2 Å². The predicted octanol–water partition coefficient (Wildman–Crippen LogP) is 1.79. The summed E-state index contributed by atoms with van der Waals surface area (Å²) in [6.45, 7) is 4.62. The minimum Gasteiger partial charge on any atom is -0.380 e. The van der Waals surface area contributed by atoms with E-state index >= 15 is 0 Å². The Balaban J connectivity index is 2.02. The molecule has 6 heteroatoms. The molecular formula is C12H18N6. The molecule has 0 spiro atoms. The van der Waals surface area contributed by atoms with Crippen LogP contribution in [0.4, 0.5) is 5.82 Å². The van der Waals surface area contributed by atoms with Gasteiger partial charge in [0, 0.05) is 5.92 Å². The number of nitrogen functional groups attached to an aromatic ring is 1. The molecule has 0 bridgehead atoms. The third kappa shape index (κ3) is 1.81. The van der Waals surface area contributed by atoms with Crippen LogP contribution in [0.25, 0.3) is 5.65 Å². The van der Waals surface area contributed by atoms with Gasteiger partial charge < -0.3 is 5.73 Å². The summed E-state index contributed by atoms with van der Waals surface area (Å²) >= 11 is 0. The van der Waals surface area contributed by atoms with Crippen LogP contribution in [0, 0.1) is 5.41 Å². The highest BCUT2D eigenvalue weighted by Gasteiger charge is 2.31. The van der Waals surface area contributed by atoms with Crippen LogP contribution in [0.5, 0.6) is 0 Å². The van der Waals surface area contributed by atoms with E-state index in [1.54, 1.807) is 4.52 Å². The summed E-state index contributed by atoms with van der Waals surface area (Å²) in [5.41, 5.74) is 6.71. The molecule has 1 unspecified atom stereocenters. The number of nitrogens with two attached hydrogens (primary N) is 1. The normalized spacial score (nSPS) is 23.3. The molecule has 1 atom stereocenters. The molecule has 0 amide bonds.